The van der Waals surface area contributed by atoms with Gasteiger partial charge < -0.3 is 10.1 Å². The number of alkyl halides is 2. The first-order chi connectivity index (χ1) is 10.2. The SMILES string of the molecule is CCNC(c1ccccc1OC(F)F)c1ccnn1CC. The predicted octanol–water partition coefficient (Wildman–Crippen LogP) is 3.20. The number of benzene rings is 1. The number of nitrogens with zero attached hydrogens (tertiary/aromatic N) is 2. The molecule has 0 aliphatic heterocycles. The summed E-state index contributed by atoms with van der Waals surface area (Å²) in [7, 11) is 0. The molecule has 1 atom stereocenters. The van der Waals surface area contributed by atoms with Crippen molar-refractivity contribution < 1.29 is 13.5 Å². The highest BCUT2D eigenvalue weighted by molar-refractivity contribution is 5.40. The van der Waals surface area contributed by atoms with E-state index in [9.17, 15) is 8.78 Å². The summed E-state index contributed by atoms with van der Waals surface area (Å²) in [6.45, 7) is 2.52. The van der Waals surface area contributed by atoms with E-state index in [1.54, 1.807) is 24.4 Å². The monoisotopic (exact) mass is 295 g/mol. The minimum atomic E-state index is -2.84. The zero-order valence-corrected chi connectivity index (χ0v) is 12.1. The Morgan fingerprint density at radius 1 is 1.24 bits per heavy atom. The van der Waals surface area contributed by atoms with Crippen molar-refractivity contribution in [1.29, 1.82) is 0 Å². The van der Waals surface area contributed by atoms with Gasteiger partial charge in [-0.3, -0.25) is 4.68 Å². The molecule has 2 aromatic rings. The Morgan fingerprint density at radius 3 is 2.67 bits per heavy atom. The van der Waals surface area contributed by atoms with Crippen LogP contribution in [0.5, 0.6) is 5.75 Å². The number of aryl methyl sites for hydroxylation is 1. The molecule has 21 heavy (non-hydrogen) atoms. The topological polar surface area (TPSA) is 39.1 Å². The Kier molecular flexibility index (Phi) is 5.27. The van der Waals surface area contributed by atoms with Crippen LogP contribution < -0.4 is 10.1 Å². The summed E-state index contributed by atoms with van der Waals surface area (Å²) in [4.78, 5) is 0. The van der Waals surface area contributed by atoms with Crippen LogP contribution in [0.4, 0.5) is 8.78 Å². The van der Waals surface area contributed by atoms with Gasteiger partial charge in [0.15, 0.2) is 0 Å². The largest absolute Gasteiger partial charge is 0.434 e. The average molecular weight is 295 g/mol. The summed E-state index contributed by atoms with van der Waals surface area (Å²) in [5, 5.41) is 7.55. The van der Waals surface area contributed by atoms with Crippen LogP contribution in [-0.2, 0) is 6.54 Å². The molecule has 0 amide bonds. The standard InChI is InChI=1S/C15H19F2N3O/c1-3-18-14(12-9-10-19-20(12)4-2)11-7-5-6-8-13(11)21-15(16)17/h5-10,14-15,18H,3-4H2,1-2H3. The molecule has 1 unspecified atom stereocenters. The van der Waals surface area contributed by atoms with Crippen molar-refractivity contribution in [2.24, 2.45) is 0 Å². The van der Waals surface area contributed by atoms with Crippen LogP contribution in [0.25, 0.3) is 0 Å². The maximum atomic E-state index is 12.6. The minimum absolute atomic E-state index is 0.183. The molecule has 1 N–H and O–H groups in total. The van der Waals surface area contributed by atoms with E-state index in [-0.39, 0.29) is 11.8 Å². The Bertz CT molecular complexity index is 572. The summed E-state index contributed by atoms with van der Waals surface area (Å²) in [5.41, 5.74) is 1.60. The number of ether oxygens (including phenoxy) is 1. The summed E-state index contributed by atoms with van der Waals surface area (Å²) >= 11 is 0. The van der Waals surface area contributed by atoms with E-state index in [0.29, 0.717) is 18.7 Å². The molecule has 2 rings (SSSR count). The zero-order chi connectivity index (χ0) is 15.2. The number of halogens is 2. The second-order valence-electron chi connectivity index (χ2n) is 4.48. The fourth-order valence-electron chi connectivity index (χ4n) is 2.35. The summed E-state index contributed by atoms with van der Waals surface area (Å²) in [6, 6.07) is 8.48. The summed E-state index contributed by atoms with van der Waals surface area (Å²) in [5.74, 6) is 0.183. The lowest BCUT2D eigenvalue weighted by molar-refractivity contribution is -0.0506. The first-order valence-corrected chi connectivity index (χ1v) is 6.96. The summed E-state index contributed by atoms with van der Waals surface area (Å²) < 4.78 is 31.6. The van der Waals surface area contributed by atoms with E-state index in [1.807, 2.05) is 30.7 Å². The number of hydrogen-bond acceptors (Lipinski definition) is 3. The smallest absolute Gasteiger partial charge is 0.387 e. The van der Waals surface area contributed by atoms with Crippen molar-refractivity contribution in [2.45, 2.75) is 33.0 Å². The van der Waals surface area contributed by atoms with Gasteiger partial charge in [-0.1, -0.05) is 25.1 Å². The Morgan fingerprint density at radius 2 is 2.00 bits per heavy atom. The molecule has 6 heteroatoms. The molecule has 0 saturated carbocycles. The molecular formula is C15H19F2N3O. The molecule has 1 aromatic heterocycles. The van der Waals surface area contributed by atoms with Crippen LogP contribution in [0.15, 0.2) is 36.5 Å². The number of nitrogens with one attached hydrogen (secondary N) is 1. The predicted molar refractivity (Wildman–Crippen MR) is 76.5 cm³/mol. The van der Waals surface area contributed by atoms with E-state index in [1.165, 1.54) is 0 Å². The number of hydrogen-bond donors (Lipinski definition) is 1. The lowest BCUT2D eigenvalue weighted by Crippen LogP contribution is -2.25. The van der Waals surface area contributed by atoms with E-state index < -0.39 is 6.61 Å². The quantitative estimate of drug-likeness (QED) is 0.852. The fourth-order valence-corrected chi connectivity index (χ4v) is 2.35. The van der Waals surface area contributed by atoms with Gasteiger partial charge >= 0.3 is 6.61 Å². The molecule has 0 aliphatic carbocycles. The van der Waals surface area contributed by atoms with Crippen LogP contribution >= 0.6 is 0 Å². The zero-order valence-electron chi connectivity index (χ0n) is 12.1. The van der Waals surface area contributed by atoms with Crippen LogP contribution in [0.2, 0.25) is 0 Å². The molecule has 0 radical (unpaired) electrons. The van der Waals surface area contributed by atoms with E-state index >= 15 is 0 Å². The van der Waals surface area contributed by atoms with Crippen LogP contribution in [-0.4, -0.2) is 22.9 Å². The first-order valence-electron chi connectivity index (χ1n) is 6.96. The van der Waals surface area contributed by atoms with E-state index in [0.717, 1.165) is 5.69 Å². The van der Waals surface area contributed by atoms with Crippen LogP contribution in [0.3, 0.4) is 0 Å². The summed E-state index contributed by atoms with van der Waals surface area (Å²) in [6.07, 6.45) is 1.71. The van der Waals surface area contributed by atoms with Gasteiger partial charge in [0, 0.05) is 18.3 Å². The second kappa shape index (κ2) is 7.17. The Labute approximate surface area is 122 Å². The maximum Gasteiger partial charge on any atom is 0.387 e. The normalized spacial score (nSPS) is 12.6. The van der Waals surface area contributed by atoms with Crippen LogP contribution in [0, 0.1) is 0 Å². The van der Waals surface area contributed by atoms with Gasteiger partial charge in [-0.05, 0) is 25.6 Å². The highest BCUT2D eigenvalue weighted by atomic mass is 19.3. The molecule has 0 saturated heterocycles. The molecule has 0 spiro atoms. The van der Waals surface area contributed by atoms with Crippen molar-refractivity contribution in [3.05, 3.63) is 47.8 Å². The van der Waals surface area contributed by atoms with Crippen molar-refractivity contribution in [1.82, 2.24) is 15.1 Å². The molecule has 0 bridgehead atoms. The molecule has 114 valence electrons. The second-order valence-corrected chi connectivity index (χ2v) is 4.48. The fraction of sp³-hybridized carbons (Fsp3) is 0.400. The van der Waals surface area contributed by atoms with Gasteiger partial charge in [-0.2, -0.15) is 13.9 Å². The van der Waals surface area contributed by atoms with Gasteiger partial charge in [0.1, 0.15) is 5.75 Å². The van der Waals surface area contributed by atoms with Gasteiger partial charge in [0.05, 0.1) is 11.7 Å². The number of para-hydroxylation sites is 1. The molecule has 1 heterocycles. The Balaban J connectivity index is 2.43. The van der Waals surface area contributed by atoms with Crippen LogP contribution in [0.1, 0.15) is 31.1 Å². The van der Waals surface area contributed by atoms with Gasteiger partial charge in [0.25, 0.3) is 0 Å². The van der Waals surface area contributed by atoms with Gasteiger partial charge in [0.2, 0.25) is 0 Å². The maximum absolute atomic E-state index is 12.6. The van der Waals surface area contributed by atoms with Crippen molar-refractivity contribution in [3.8, 4) is 5.75 Å². The molecule has 1 aromatic carbocycles. The lowest BCUT2D eigenvalue weighted by atomic mass is 10.0. The molecular weight excluding hydrogens is 276 g/mol. The number of rotatable bonds is 7. The molecule has 4 nitrogen and oxygen atoms in total. The van der Waals surface area contributed by atoms with Gasteiger partial charge in [-0.25, -0.2) is 0 Å². The van der Waals surface area contributed by atoms with Gasteiger partial charge in [-0.15, -0.1) is 0 Å². The third-order valence-electron chi connectivity index (χ3n) is 3.20. The highest BCUT2D eigenvalue weighted by Crippen LogP contribution is 2.30. The third kappa shape index (κ3) is 3.58. The lowest BCUT2D eigenvalue weighted by Gasteiger charge is -2.22. The van der Waals surface area contributed by atoms with E-state index in [4.69, 9.17) is 0 Å². The first kappa shape index (κ1) is 15.4. The molecule has 0 aliphatic rings. The molecule has 0 fully saturated rings. The van der Waals surface area contributed by atoms with Crippen molar-refractivity contribution in [3.63, 3.8) is 0 Å². The Hall–Kier alpha value is -1.95. The average Bonchev–Trinajstić information content (AvgIpc) is 2.93. The minimum Gasteiger partial charge on any atom is -0.434 e. The highest BCUT2D eigenvalue weighted by Gasteiger charge is 2.21. The van der Waals surface area contributed by atoms with E-state index in [2.05, 4.69) is 15.2 Å². The third-order valence-corrected chi connectivity index (χ3v) is 3.20. The number of aromatic nitrogens is 2. The van der Waals surface area contributed by atoms with Crippen molar-refractivity contribution >= 4 is 0 Å². The van der Waals surface area contributed by atoms with Crippen molar-refractivity contribution in [2.75, 3.05) is 6.54 Å².